The van der Waals surface area contributed by atoms with Crippen LogP contribution in [0.1, 0.15) is 30.0 Å². The van der Waals surface area contributed by atoms with Crippen LogP contribution in [0.5, 0.6) is 5.75 Å². The van der Waals surface area contributed by atoms with E-state index >= 15 is 4.39 Å². The number of nitrogens with zero attached hydrogens (tertiary/aromatic N) is 3. The van der Waals surface area contributed by atoms with E-state index in [0.29, 0.717) is 24.5 Å². The average molecular weight is 438 g/mol. The third-order valence-corrected chi connectivity index (χ3v) is 6.24. The maximum Gasteiger partial charge on any atom is 0.235 e. The highest BCUT2D eigenvalue weighted by atomic mass is 19.1. The molecule has 1 fully saturated rings. The number of oxazole rings is 1. The minimum absolute atomic E-state index is 0.0271. The number of ether oxygens (including phenoxy) is 2. The molecule has 8 nitrogen and oxygen atoms in total. The third-order valence-electron chi connectivity index (χ3n) is 6.24. The number of amides is 1. The highest BCUT2D eigenvalue weighted by Gasteiger charge is 2.52. The molecule has 2 N–H and O–H groups in total. The van der Waals surface area contributed by atoms with Gasteiger partial charge in [0.25, 0.3) is 0 Å². The quantitative estimate of drug-likeness (QED) is 0.787. The number of aliphatic imine (C=N–C) groups is 1. The predicted molar refractivity (Wildman–Crippen MR) is 113 cm³/mol. The molecule has 3 unspecified atom stereocenters. The van der Waals surface area contributed by atoms with Gasteiger partial charge in [0.05, 0.1) is 18.2 Å². The Morgan fingerprint density at radius 1 is 1.38 bits per heavy atom. The summed E-state index contributed by atoms with van der Waals surface area (Å²) < 4.78 is 31.9. The van der Waals surface area contributed by atoms with Gasteiger partial charge in [-0.3, -0.25) is 9.69 Å². The van der Waals surface area contributed by atoms with E-state index in [9.17, 15) is 4.79 Å². The lowest BCUT2D eigenvalue weighted by atomic mass is 9.74. The van der Waals surface area contributed by atoms with Gasteiger partial charge in [0.15, 0.2) is 12.4 Å². The molecule has 0 spiro atoms. The second-order valence-corrected chi connectivity index (χ2v) is 8.16. The number of aromatic nitrogens is 1. The second kappa shape index (κ2) is 7.90. The second-order valence-electron chi connectivity index (χ2n) is 8.16. The molecule has 1 amide bonds. The molecule has 9 heteroatoms. The Kier molecular flexibility index (Phi) is 5.05. The van der Waals surface area contributed by atoms with Gasteiger partial charge in [0.2, 0.25) is 5.91 Å². The van der Waals surface area contributed by atoms with Crippen molar-refractivity contribution in [2.24, 2.45) is 16.6 Å². The number of rotatable bonds is 4. The first-order chi connectivity index (χ1) is 15.5. The summed E-state index contributed by atoms with van der Waals surface area (Å²) in [6.45, 7) is 0.468. The van der Waals surface area contributed by atoms with Crippen molar-refractivity contribution in [2.45, 2.75) is 24.3 Å². The van der Waals surface area contributed by atoms with Gasteiger partial charge in [0.1, 0.15) is 29.1 Å². The minimum Gasteiger partial charge on any atom is -0.458 e. The van der Waals surface area contributed by atoms with E-state index in [0.717, 1.165) is 12.1 Å². The maximum atomic E-state index is 15.1. The van der Waals surface area contributed by atoms with Crippen molar-refractivity contribution in [3.05, 3.63) is 71.9 Å². The first-order valence-corrected chi connectivity index (χ1v) is 10.4. The first kappa shape index (κ1) is 20.4. The topological polar surface area (TPSA) is 103 Å². The lowest BCUT2D eigenvalue weighted by molar-refractivity contribution is -0.140. The van der Waals surface area contributed by atoms with Crippen LogP contribution in [0.3, 0.4) is 0 Å². The first-order valence-electron chi connectivity index (χ1n) is 10.4. The predicted octanol–water partition coefficient (Wildman–Crippen LogP) is 2.84. The zero-order chi connectivity index (χ0) is 22.3. The average Bonchev–Trinajstić information content (AvgIpc) is 3.34. The lowest BCUT2D eigenvalue weighted by Gasteiger charge is -2.45. The molecule has 2 aliphatic heterocycles. The van der Waals surface area contributed by atoms with Crippen LogP contribution in [0, 0.1) is 11.7 Å². The fourth-order valence-electron chi connectivity index (χ4n) is 4.53. The van der Waals surface area contributed by atoms with Crippen LogP contribution in [0.15, 0.2) is 64.3 Å². The molecule has 3 atom stereocenters. The number of hydrogen-bond acceptors (Lipinski definition) is 7. The van der Waals surface area contributed by atoms with Crippen LogP contribution in [-0.2, 0) is 15.1 Å². The maximum absolute atomic E-state index is 15.1. The summed E-state index contributed by atoms with van der Waals surface area (Å²) in [5.74, 6) is -0.149. The minimum atomic E-state index is -1.23. The monoisotopic (exact) mass is 438 g/mol. The summed E-state index contributed by atoms with van der Waals surface area (Å²) in [4.78, 5) is 23.0. The Labute approximate surface area is 184 Å². The molecule has 2 aromatic rings. The number of fused-ring (bicyclic) bond motifs is 1. The van der Waals surface area contributed by atoms with Crippen molar-refractivity contribution >= 4 is 11.9 Å². The number of carbonyl (C=O) groups excluding carboxylic acids is 1. The van der Waals surface area contributed by atoms with E-state index in [2.05, 4.69) is 9.98 Å². The molecule has 1 aromatic carbocycles. The number of hydrogen-bond donors (Lipinski definition) is 1. The van der Waals surface area contributed by atoms with Crippen molar-refractivity contribution in [1.29, 1.82) is 0 Å². The van der Waals surface area contributed by atoms with E-state index in [4.69, 9.17) is 19.6 Å². The molecule has 32 heavy (non-hydrogen) atoms. The summed E-state index contributed by atoms with van der Waals surface area (Å²) in [7, 11) is 1.57. The Morgan fingerprint density at radius 2 is 2.25 bits per heavy atom. The number of guanidine groups is 1. The highest BCUT2D eigenvalue weighted by molar-refractivity contribution is 6.00. The number of halogens is 1. The molecule has 5 rings (SSSR count). The van der Waals surface area contributed by atoms with Crippen LogP contribution < -0.4 is 10.5 Å². The van der Waals surface area contributed by atoms with Crippen LogP contribution in [-0.4, -0.2) is 42.0 Å². The molecule has 166 valence electrons. The van der Waals surface area contributed by atoms with Crippen LogP contribution in [0.2, 0.25) is 0 Å². The largest absolute Gasteiger partial charge is 0.458 e. The highest BCUT2D eigenvalue weighted by Crippen LogP contribution is 2.44. The molecule has 1 aliphatic carbocycles. The fraction of sp³-hybridized carbons (Fsp3) is 0.348. The van der Waals surface area contributed by atoms with Crippen molar-refractivity contribution in [3.8, 4) is 5.75 Å². The fourth-order valence-corrected chi connectivity index (χ4v) is 4.53. The SMILES string of the molecule is CN1C(=O)C2CCOCC2(c2cc(OC3=CC(c4cocn4)CC=C3)ccc2F)N=C1N. The molecule has 0 saturated carbocycles. The molecule has 0 bridgehead atoms. The summed E-state index contributed by atoms with van der Waals surface area (Å²) in [6, 6.07) is 4.45. The van der Waals surface area contributed by atoms with Gasteiger partial charge in [-0.1, -0.05) is 6.08 Å². The van der Waals surface area contributed by atoms with Gasteiger partial charge < -0.3 is 19.6 Å². The lowest BCUT2D eigenvalue weighted by Crippen LogP contribution is -2.58. The molecular formula is C23H23FN4O4. The van der Waals surface area contributed by atoms with Gasteiger partial charge >= 0.3 is 0 Å². The Balaban J connectivity index is 1.50. The molecule has 3 heterocycles. The van der Waals surface area contributed by atoms with Crippen LogP contribution >= 0.6 is 0 Å². The van der Waals surface area contributed by atoms with Crippen molar-refractivity contribution in [3.63, 3.8) is 0 Å². The Hall–Kier alpha value is -3.46. The molecule has 1 saturated heterocycles. The number of benzene rings is 1. The van der Waals surface area contributed by atoms with Gasteiger partial charge in [0, 0.05) is 25.1 Å². The van der Waals surface area contributed by atoms with E-state index in [-0.39, 0.29) is 30.0 Å². The van der Waals surface area contributed by atoms with Gasteiger partial charge in [-0.25, -0.2) is 14.4 Å². The molecule has 1 aromatic heterocycles. The standard InChI is InChI=1S/C23H23FN4O4/c1-28-21(29)17-7-8-30-12-23(17,27-22(28)25)18-10-16(5-6-19(18)24)32-15-4-2-3-14(9-15)20-11-31-13-26-20/h2,4-6,9-11,13-14,17H,3,7-8,12H2,1H3,(H2,25,27). The smallest absolute Gasteiger partial charge is 0.235 e. The van der Waals surface area contributed by atoms with Gasteiger partial charge in [-0.05, 0) is 43.2 Å². The van der Waals surface area contributed by atoms with Crippen molar-refractivity contribution < 1.29 is 23.1 Å². The summed E-state index contributed by atoms with van der Waals surface area (Å²) in [5, 5.41) is 0. The molecule has 0 radical (unpaired) electrons. The number of nitrogens with two attached hydrogens (primary N) is 1. The zero-order valence-electron chi connectivity index (χ0n) is 17.5. The van der Waals surface area contributed by atoms with E-state index < -0.39 is 17.3 Å². The normalized spacial score (nSPS) is 27.6. The number of allylic oxidation sites excluding steroid dienone is 3. The van der Waals surface area contributed by atoms with Gasteiger partial charge in [-0.2, -0.15) is 0 Å². The van der Waals surface area contributed by atoms with E-state index in [1.165, 1.54) is 17.4 Å². The third kappa shape index (κ3) is 3.38. The zero-order valence-corrected chi connectivity index (χ0v) is 17.5. The van der Waals surface area contributed by atoms with Crippen molar-refractivity contribution in [2.75, 3.05) is 20.3 Å². The number of carbonyl (C=O) groups is 1. The van der Waals surface area contributed by atoms with E-state index in [1.807, 2.05) is 18.2 Å². The van der Waals surface area contributed by atoms with Crippen molar-refractivity contribution in [1.82, 2.24) is 9.88 Å². The molecule has 3 aliphatic rings. The summed E-state index contributed by atoms with van der Waals surface area (Å²) in [5.41, 5.74) is 5.83. The van der Waals surface area contributed by atoms with Crippen LogP contribution in [0.25, 0.3) is 0 Å². The summed E-state index contributed by atoms with van der Waals surface area (Å²) >= 11 is 0. The summed E-state index contributed by atoms with van der Waals surface area (Å²) in [6.07, 6.45) is 10.0. The Morgan fingerprint density at radius 3 is 3.06 bits per heavy atom. The Bertz CT molecular complexity index is 1130. The van der Waals surface area contributed by atoms with Crippen LogP contribution in [0.4, 0.5) is 4.39 Å². The molecular weight excluding hydrogens is 415 g/mol. The van der Waals surface area contributed by atoms with E-state index in [1.54, 1.807) is 25.4 Å². The van der Waals surface area contributed by atoms with Gasteiger partial charge in [-0.15, -0.1) is 0 Å².